The maximum atomic E-state index is 13.3. The third-order valence-electron chi connectivity index (χ3n) is 4.39. The van der Waals surface area contributed by atoms with Gasteiger partial charge in [0.1, 0.15) is 5.82 Å². The van der Waals surface area contributed by atoms with Crippen LogP contribution in [0.1, 0.15) is 19.3 Å². The molecule has 100 valence electrons. The molecule has 5 heteroatoms. The van der Waals surface area contributed by atoms with Gasteiger partial charge in [-0.05, 0) is 44.0 Å². The monoisotopic (exact) mass is 277 g/mol. The van der Waals surface area contributed by atoms with E-state index in [1.165, 1.54) is 25.3 Å². The lowest BCUT2D eigenvalue weighted by Gasteiger charge is -2.34. The van der Waals surface area contributed by atoms with Gasteiger partial charge in [0.2, 0.25) is 0 Å². The summed E-state index contributed by atoms with van der Waals surface area (Å²) in [5.74, 6) is -0.179. The second kappa shape index (κ2) is 4.15. The Hall–Kier alpha value is -1.20. The van der Waals surface area contributed by atoms with E-state index in [-0.39, 0.29) is 11.4 Å². The molecule has 1 spiro atoms. The van der Waals surface area contributed by atoms with Gasteiger partial charge in [-0.2, -0.15) is 0 Å². The van der Waals surface area contributed by atoms with E-state index in [0.29, 0.717) is 0 Å². The molecule has 1 aromatic heterocycles. The number of thiazole rings is 1. The second-order valence-corrected chi connectivity index (χ2v) is 6.52. The molecule has 1 atom stereocenters. The quantitative estimate of drug-likeness (QED) is 0.869. The van der Waals surface area contributed by atoms with E-state index in [0.717, 1.165) is 35.0 Å². The van der Waals surface area contributed by atoms with E-state index in [1.807, 2.05) is 0 Å². The van der Waals surface area contributed by atoms with E-state index in [9.17, 15) is 4.39 Å². The number of anilines is 1. The molecule has 3 nitrogen and oxygen atoms in total. The van der Waals surface area contributed by atoms with Crippen molar-refractivity contribution in [1.29, 1.82) is 0 Å². The summed E-state index contributed by atoms with van der Waals surface area (Å²) in [6, 6.07) is 4.86. The molecule has 2 fully saturated rings. The highest BCUT2D eigenvalue weighted by Crippen LogP contribution is 2.41. The summed E-state index contributed by atoms with van der Waals surface area (Å²) >= 11 is 1.62. The molecule has 0 saturated carbocycles. The predicted molar refractivity (Wildman–Crippen MR) is 76.4 cm³/mol. The summed E-state index contributed by atoms with van der Waals surface area (Å²) in [5, 5.41) is 4.53. The van der Waals surface area contributed by atoms with Gasteiger partial charge in [-0.3, -0.25) is 0 Å². The number of nitrogens with zero attached hydrogens (tertiary/aromatic N) is 2. The molecular formula is C14H16FN3S. The summed E-state index contributed by atoms with van der Waals surface area (Å²) in [6.07, 6.45) is 3.66. The normalized spacial score (nSPS) is 26.9. The van der Waals surface area contributed by atoms with E-state index in [1.54, 1.807) is 23.5 Å². The molecular weight excluding hydrogens is 261 g/mol. The Morgan fingerprint density at radius 2 is 2.32 bits per heavy atom. The molecule has 3 heterocycles. The number of hydrogen-bond acceptors (Lipinski definition) is 4. The van der Waals surface area contributed by atoms with Gasteiger partial charge in [0.25, 0.3) is 0 Å². The van der Waals surface area contributed by atoms with Gasteiger partial charge in [-0.25, -0.2) is 9.37 Å². The maximum absolute atomic E-state index is 13.3. The third kappa shape index (κ3) is 1.75. The average Bonchev–Trinajstić information content (AvgIpc) is 3.10. The van der Waals surface area contributed by atoms with Gasteiger partial charge in [0.15, 0.2) is 5.13 Å². The van der Waals surface area contributed by atoms with E-state index >= 15 is 0 Å². The Bertz CT molecular complexity index is 613. The molecule has 2 aliphatic rings. The lowest BCUT2D eigenvalue weighted by atomic mass is 9.96. The van der Waals surface area contributed by atoms with Gasteiger partial charge in [0.05, 0.1) is 15.8 Å². The fourth-order valence-corrected chi connectivity index (χ4v) is 4.54. The third-order valence-corrected chi connectivity index (χ3v) is 5.43. The molecule has 0 amide bonds. The van der Waals surface area contributed by atoms with Crippen LogP contribution < -0.4 is 10.2 Å². The Labute approximate surface area is 115 Å². The second-order valence-electron chi connectivity index (χ2n) is 5.51. The number of nitrogens with one attached hydrogen (secondary N) is 1. The van der Waals surface area contributed by atoms with Crippen LogP contribution in [0, 0.1) is 5.82 Å². The zero-order valence-electron chi connectivity index (χ0n) is 10.7. The first-order valence-corrected chi connectivity index (χ1v) is 7.63. The molecule has 0 radical (unpaired) electrons. The molecule has 0 aliphatic carbocycles. The van der Waals surface area contributed by atoms with Crippen LogP contribution in [0.15, 0.2) is 18.2 Å². The molecule has 1 unspecified atom stereocenters. The highest BCUT2D eigenvalue weighted by Gasteiger charge is 2.44. The van der Waals surface area contributed by atoms with Gasteiger partial charge < -0.3 is 10.2 Å². The van der Waals surface area contributed by atoms with Gasteiger partial charge >= 0.3 is 0 Å². The number of halogens is 1. The minimum atomic E-state index is -0.179. The van der Waals surface area contributed by atoms with Gasteiger partial charge in [-0.15, -0.1) is 0 Å². The van der Waals surface area contributed by atoms with Crippen LogP contribution in [0.2, 0.25) is 0 Å². The largest absolute Gasteiger partial charge is 0.341 e. The van der Waals surface area contributed by atoms with E-state index < -0.39 is 0 Å². The molecule has 1 aromatic carbocycles. The molecule has 4 rings (SSSR count). The van der Waals surface area contributed by atoms with Gasteiger partial charge in [0, 0.05) is 13.1 Å². The van der Waals surface area contributed by atoms with Crippen molar-refractivity contribution in [2.75, 3.05) is 24.5 Å². The molecule has 2 aromatic rings. The number of rotatable bonds is 1. The Kier molecular flexibility index (Phi) is 2.53. The fraction of sp³-hybridized carbons (Fsp3) is 0.500. The van der Waals surface area contributed by atoms with Crippen LogP contribution in [-0.2, 0) is 0 Å². The fourth-order valence-electron chi connectivity index (χ4n) is 3.41. The molecule has 2 aliphatic heterocycles. The van der Waals surface area contributed by atoms with Crippen molar-refractivity contribution in [3.8, 4) is 0 Å². The summed E-state index contributed by atoms with van der Waals surface area (Å²) in [6.45, 7) is 3.22. The van der Waals surface area contributed by atoms with Crippen molar-refractivity contribution < 1.29 is 4.39 Å². The Morgan fingerprint density at radius 3 is 3.16 bits per heavy atom. The lowest BCUT2D eigenvalue weighted by molar-refractivity contribution is 0.466. The van der Waals surface area contributed by atoms with Crippen molar-refractivity contribution >= 4 is 26.7 Å². The van der Waals surface area contributed by atoms with Crippen LogP contribution in [0.4, 0.5) is 9.52 Å². The van der Waals surface area contributed by atoms with Gasteiger partial charge in [-0.1, -0.05) is 11.3 Å². The summed E-state index contributed by atoms with van der Waals surface area (Å²) in [4.78, 5) is 7.16. The summed E-state index contributed by atoms with van der Waals surface area (Å²) in [7, 11) is 0. The molecule has 0 bridgehead atoms. The predicted octanol–water partition coefficient (Wildman–Crippen LogP) is 2.77. The van der Waals surface area contributed by atoms with Crippen LogP contribution in [0.3, 0.4) is 0 Å². The van der Waals surface area contributed by atoms with Crippen LogP contribution >= 0.6 is 11.3 Å². The van der Waals surface area contributed by atoms with Crippen molar-refractivity contribution in [2.24, 2.45) is 0 Å². The number of benzene rings is 1. The number of hydrogen-bond donors (Lipinski definition) is 1. The highest BCUT2D eigenvalue weighted by atomic mass is 32.1. The summed E-state index contributed by atoms with van der Waals surface area (Å²) < 4.78 is 14.2. The molecule has 19 heavy (non-hydrogen) atoms. The van der Waals surface area contributed by atoms with Crippen LogP contribution in [-0.4, -0.2) is 30.2 Å². The lowest BCUT2D eigenvalue weighted by Crippen LogP contribution is -2.45. The van der Waals surface area contributed by atoms with E-state index in [2.05, 4.69) is 10.2 Å². The van der Waals surface area contributed by atoms with Crippen LogP contribution in [0.5, 0.6) is 0 Å². The standard InChI is InChI=1S/C14H16FN3S/c15-10-2-3-11-12(8-10)19-13(17-11)18-7-1-4-14(18)5-6-16-9-14/h2-3,8,16H,1,4-7,9H2. The Balaban J connectivity index is 1.77. The van der Waals surface area contributed by atoms with Crippen molar-refractivity contribution in [1.82, 2.24) is 10.3 Å². The molecule has 1 N–H and O–H groups in total. The zero-order chi connectivity index (χ0) is 12.9. The first kappa shape index (κ1) is 11.6. The summed E-state index contributed by atoms with van der Waals surface area (Å²) in [5.41, 5.74) is 1.17. The van der Waals surface area contributed by atoms with E-state index in [4.69, 9.17) is 4.98 Å². The van der Waals surface area contributed by atoms with Crippen molar-refractivity contribution in [3.05, 3.63) is 24.0 Å². The zero-order valence-corrected chi connectivity index (χ0v) is 11.5. The minimum Gasteiger partial charge on any atom is -0.341 e. The number of fused-ring (bicyclic) bond motifs is 1. The topological polar surface area (TPSA) is 28.2 Å². The minimum absolute atomic E-state index is 0.179. The maximum Gasteiger partial charge on any atom is 0.186 e. The average molecular weight is 277 g/mol. The van der Waals surface area contributed by atoms with Crippen molar-refractivity contribution in [2.45, 2.75) is 24.8 Å². The highest BCUT2D eigenvalue weighted by molar-refractivity contribution is 7.22. The van der Waals surface area contributed by atoms with Crippen molar-refractivity contribution in [3.63, 3.8) is 0 Å². The molecule has 2 saturated heterocycles. The van der Waals surface area contributed by atoms with Crippen LogP contribution in [0.25, 0.3) is 10.2 Å². The Morgan fingerprint density at radius 1 is 1.37 bits per heavy atom. The first-order valence-electron chi connectivity index (χ1n) is 6.81. The smallest absolute Gasteiger partial charge is 0.186 e. The SMILES string of the molecule is Fc1ccc2nc(N3CCCC34CCNC4)sc2c1. The first-order chi connectivity index (χ1) is 9.27. The number of aromatic nitrogens is 1.